The second-order valence-corrected chi connectivity index (χ2v) is 6.19. The SMILES string of the molecule is CC(C)(C)CC(CN)C(=O)Nc1ccc(F)c(C(=O)O)c1. The van der Waals surface area contributed by atoms with E-state index in [1.165, 1.54) is 6.07 Å². The molecule has 1 unspecified atom stereocenters. The Hall–Kier alpha value is -1.95. The lowest BCUT2D eigenvalue weighted by atomic mass is 9.84. The molecule has 6 heteroatoms. The van der Waals surface area contributed by atoms with Crippen LogP contribution < -0.4 is 11.1 Å². The van der Waals surface area contributed by atoms with Crippen LogP contribution in [0.5, 0.6) is 0 Å². The predicted octanol–water partition coefficient (Wildman–Crippen LogP) is 2.47. The Morgan fingerprint density at radius 2 is 2.00 bits per heavy atom. The number of halogens is 1. The average Bonchev–Trinajstić information content (AvgIpc) is 2.36. The quantitative estimate of drug-likeness (QED) is 0.778. The van der Waals surface area contributed by atoms with Gasteiger partial charge in [0.1, 0.15) is 5.82 Å². The van der Waals surface area contributed by atoms with Crippen LogP contribution in [0.25, 0.3) is 0 Å². The zero-order valence-electron chi connectivity index (χ0n) is 12.4. The molecule has 0 aromatic heterocycles. The van der Waals surface area contributed by atoms with Crippen molar-refractivity contribution in [2.24, 2.45) is 17.1 Å². The molecule has 0 radical (unpaired) electrons. The largest absolute Gasteiger partial charge is 0.478 e. The van der Waals surface area contributed by atoms with Crippen molar-refractivity contribution in [2.45, 2.75) is 27.2 Å². The van der Waals surface area contributed by atoms with Gasteiger partial charge in [0, 0.05) is 12.2 Å². The Balaban J connectivity index is 2.87. The Labute approximate surface area is 123 Å². The lowest BCUT2D eigenvalue weighted by molar-refractivity contribution is -0.120. The number of carboxylic acid groups (broad SMARTS) is 1. The zero-order chi connectivity index (χ0) is 16.2. The molecule has 0 aliphatic rings. The van der Waals surface area contributed by atoms with E-state index in [1.54, 1.807) is 0 Å². The number of aromatic carboxylic acids is 1. The summed E-state index contributed by atoms with van der Waals surface area (Å²) in [5, 5.41) is 11.4. The van der Waals surface area contributed by atoms with E-state index in [-0.39, 0.29) is 29.5 Å². The summed E-state index contributed by atoms with van der Waals surface area (Å²) in [5.41, 5.74) is 5.33. The summed E-state index contributed by atoms with van der Waals surface area (Å²) >= 11 is 0. The van der Waals surface area contributed by atoms with Crippen LogP contribution in [-0.4, -0.2) is 23.5 Å². The maximum Gasteiger partial charge on any atom is 0.338 e. The molecule has 0 fully saturated rings. The summed E-state index contributed by atoms with van der Waals surface area (Å²) in [6.45, 7) is 6.20. The van der Waals surface area contributed by atoms with E-state index in [0.717, 1.165) is 12.1 Å². The maximum atomic E-state index is 13.3. The van der Waals surface area contributed by atoms with Gasteiger partial charge in [0.2, 0.25) is 5.91 Å². The molecule has 1 atom stereocenters. The maximum absolute atomic E-state index is 13.3. The van der Waals surface area contributed by atoms with Gasteiger partial charge < -0.3 is 16.2 Å². The Bertz CT molecular complexity index is 538. The van der Waals surface area contributed by atoms with Crippen molar-refractivity contribution >= 4 is 17.6 Å². The highest BCUT2D eigenvalue weighted by atomic mass is 19.1. The Morgan fingerprint density at radius 3 is 2.48 bits per heavy atom. The molecule has 1 rings (SSSR count). The van der Waals surface area contributed by atoms with Crippen LogP contribution in [0.15, 0.2) is 18.2 Å². The van der Waals surface area contributed by atoms with Crippen LogP contribution in [0.3, 0.4) is 0 Å². The fourth-order valence-electron chi connectivity index (χ4n) is 2.03. The first-order chi connectivity index (χ1) is 9.64. The lowest BCUT2D eigenvalue weighted by Gasteiger charge is -2.24. The van der Waals surface area contributed by atoms with Gasteiger partial charge in [-0.2, -0.15) is 0 Å². The zero-order valence-corrected chi connectivity index (χ0v) is 12.4. The summed E-state index contributed by atoms with van der Waals surface area (Å²) < 4.78 is 13.3. The molecule has 1 aromatic carbocycles. The molecule has 5 nitrogen and oxygen atoms in total. The van der Waals surface area contributed by atoms with Crippen molar-refractivity contribution in [1.82, 2.24) is 0 Å². The van der Waals surface area contributed by atoms with Crippen LogP contribution in [-0.2, 0) is 4.79 Å². The molecular weight excluding hydrogens is 275 g/mol. The number of nitrogens with one attached hydrogen (secondary N) is 1. The first-order valence-electron chi connectivity index (χ1n) is 6.68. The molecule has 0 heterocycles. The third-order valence-electron chi connectivity index (χ3n) is 2.98. The van der Waals surface area contributed by atoms with E-state index in [1.807, 2.05) is 20.8 Å². The minimum absolute atomic E-state index is 0.0591. The number of carbonyl (C=O) groups is 2. The van der Waals surface area contributed by atoms with Gasteiger partial charge in [0.25, 0.3) is 0 Å². The van der Waals surface area contributed by atoms with Crippen LogP contribution >= 0.6 is 0 Å². The van der Waals surface area contributed by atoms with E-state index in [4.69, 9.17) is 10.8 Å². The number of hydrogen-bond acceptors (Lipinski definition) is 3. The van der Waals surface area contributed by atoms with Crippen molar-refractivity contribution in [2.75, 3.05) is 11.9 Å². The molecule has 0 aliphatic carbocycles. The average molecular weight is 296 g/mol. The molecule has 0 spiro atoms. The highest BCUT2D eigenvalue weighted by molar-refractivity contribution is 5.95. The second kappa shape index (κ2) is 6.67. The van der Waals surface area contributed by atoms with Crippen molar-refractivity contribution in [3.05, 3.63) is 29.6 Å². The van der Waals surface area contributed by atoms with Crippen molar-refractivity contribution < 1.29 is 19.1 Å². The van der Waals surface area contributed by atoms with Gasteiger partial charge >= 0.3 is 5.97 Å². The van der Waals surface area contributed by atoms with E-state index in [2.05, 4.69) is 5.32 Å². The number of rotatable bonds is 5. The molecule has 116 valence electrons. The molecule has 1 amide bonds. The number of carbonyl (C=O) groups excluding carboxylic acids is 1. The molecule has 0 saturated heterocycles. The second-order valence-electron chi connectivity index (χ2n) is 6.19. The van der Waals surface area contributed by atoms with Gasteiger partial charge in [-0.1, -0.05) is 20.8 Å². The number of amides is 1. The Kier molecular flexibility index (Phi) is 5.43. The first-order valence-corrected chi connectivity index (χ1v) is 6.68. The van der Waals surface area contributed by atoms with Crippen LogP contribution in [0.2, 0.25) is 0 Å². The normalized spacial score (nSPS) is 12.8. The molecular formula is C15H21FN2O3. The lowest BCUT2D eigenvalue weighted by Crippen LogP contribution is -2.32. The van der Waals surface area contributed by atoms with E-state index in [9.17, 15) is 14.0 Å². The van der Waals surface area contributed by atoms with Gasteiger partial charge in [0.15, 0.2) is 0 Å². The number of anilines is 1. The molecule has 0 saturated carbocycles. The summed E-state index contributed by atoms with van der Waals surface area (Å²) in [6.07, 6.45) is 0.600. The molecule has 21 heavy (non-hydrogen) atoms. The molecule has 0 aliphatic heterocycles. The van der Waals surface area contributed by atoms with E-state index >= 15 is 0 Å². The van der Waals surface area contributed by atoms with Crippen molar-refractivity contribution in [1.29, 1.82) is 0 Å². The summed E-state index contributed by atoms with van der Waals surface area (Å²) in [4.78, 5) is 23.0. The fourth-order valence-corrected chi connectivity index (χ4v) is 2.03. The van der Waals surface area contributed by atoms with Gasteiger partial charge in [-0.25, -0.2) is 9.18 Å². The topological polar surface area (TPSA) is 92.4 Å². The summed E-state index contributed by atoms with van der Waals surface area (Å²) in [6, 6.07) is 3.44. The highest BCUT2D eigenvalue weighted by Gasteiger charge is 2.24. The van der Waals surface area contributed by atoms with Crippen molar-refractivity contribution in [3.63, 3.8) is 0 Å². The van der Waals surface area contributed by atoms with Gasteiger partial charge in [0.05, 0.1) is 11.5 Å². The smallest absolute Gasteiger partial charge is 0.338 e. The minimum Gasteiger partial charge on any atom is -0.478 e. The highest BCUT2D eigenvalue weighted by Crippen LogP contribution is 2.25. The first kappa shape index (κ1) is 17.1. The third kappa shape index (κ3) is 5.15. The van der Waals surface area contributed by atoms with Gasteiger partial charge in [-0.15, -0.1) is 0 Å². The standard InChI is InChI=1S/C15H21FN2O3/c1-15(2,3)7-9(8-17)13(19)18-10-4-5-12(16)11(6-10)14(20)21/h4-6,9H,7-8,17H2,1-3H3,(H,18,19)(H,20,21). The number of carboxylic acids is 1. The number of benzene rings is 1. The third-order valence-corrected chi connectivity index (χ3v) is 2.98. The molecule has 1 aromatic rings. The minimum atomic E-state index is -1.38. The number of hydrogen-bond donors (Lipinski definition) is 3. The van der Waals surface area contributed by atoms with Gasteiger partial charge in [-0.05, 0) is 30.0 Å². The van der Waals surface area contributed by atoms with Crippen LogP contribution in [0.4, 0.5) is 10.1 Å². The van der Waals surface area contributed by atoms with E-state index < -0.39 is 17.3 Å². The van der Waals surface area contributed by atoms with Crippen molar-refractivity contribution in [3.8, 4) is 0 Å². The van der Waals surface area contributed by atoms with Gasteiger partial charge in [-0.3, -0.25) is 4.79 Å². The summed E-state index contributed by atoms with van der Waals surface area (Å²) in [7, 11) is 0. The summed E-state index contributed by atoms with van der Waals surface area (Å²) in [5.74, 6) is -2.90. The molecule has 0 bridgehead atoms. The number of nitrogens with two attached hydrogens (primary N) is 1. The van der Waals surface area contributed by atoms with E-state index in [0.29, 0.717) is 6.42 Å². The molecule has 4 N–H and O–H groups in total. The fraction of sp³-hybridized carbons (Fsp3) is 0.467. The van der Waals surface area contributed by atoms with Crippen LogP contribution in [0, 0.1) is 17.2 Å². The van der Waals surface area contributed by atoms with Crippen LogP contribution in [0.1, 0.15) is 37.6 Å². The predicted molar refractivity (Wildman–Crippen MR) is 78.6 cm³/mol. The Morgan fingerprint density at radius 1 is 1.38 bits per heavy atom. The monoisotopic (exact) mass is 296 g/mol.